The molecule has 1 atom stereocenters. The van der Waals surface area contributed by atoms with Crippen molar-refractivity contribution in [2.24, 2.45) is 5.92 Å². The highest BCUT2D eigenvalue weighted by Crippen LogP contribution is 2.30. The molecule has 0 fully saturated rings. The molecule has 0 saturated carbocycles. The Hall–Kier alpha value is -1.97. The van der Waals surface area contributed by atoms with Crippen LogP contribution in [0.5, 0.6) is 11.5 Å². The Bertz CT molecular complexity index is 523. The second kappa shape index (κ2) is 4.72. The number of ether oxygens (including phenoxy) is 1. The van der Waals surface area contributed by atoms with E-state index in [0.717, 1.165) is 42.9 Å². The van der Waals surface area contributed by atoms with Crippen LogP contribution >= 0.6 is 0 Å². The molecule has 0 amide bonds. The van der Waals surface area contributed by atoms with Gasteiger partial charge in [-0.05, 0) is 48.9 Å². The van der Waals surface area contributed by atoms with E-state index in [1.807, 2.05) is 12.3 Å². The predicted molar refractivity (Wildman–Crippen MR) is 67.7 cm³/mol. The maximum atomic E-state index is 9.55. The summed E-state index contributed by atoms with van der Waals surface area (Å²) < 4.78 is 5.72. The number of phenolic OH excluding ortho intramolecular Hbond substituents is 1. The minimum Gasteiger partial charge on any atom is -0.508 e. The highest BCUT2D eigenvalue weighted by atomic mass is 16.5. The van der Waals surface area contributed by atoms with E-state index in [9.17, 15) is 5.11 Å². The molecule has 0 saturated heterocycles. The highest BCUT2D eigenvalue weighted by molar-refractivity contribution is 5.40. The van der Waals surface area contributed by atoms with Crippen molar-refractivity contribution in [1.82, 2.24) is 9.97 Å². The van der Waals surface area contributed by atoms with Crippen LogP contribution in [0.2, 0.25) is 0 Å². The van der Waals surface area contributed by atoms with E-state index < -0.39 is 0 Å². The molecule has 0 spiro atoms. The van der Waals surface area contributed by atoms with Crippen LogP contribution in [0.4, 0.5) is 0 Å². The zero-order valence-electron chi connectivity index (χ0n) is 10.1. The van der Waals surface area contributed by atoms with E-state index in [-0.39, 0.29) is 0 Å². The van der Waals surface area contributed by atoms with Crippen molar-refractivity contribution in [3.05, 3.63) is 42.0 Å². The number of phenols is 1. The number of benzene rings is 1. The van der Waals surface area contributed by atoms with Crippen molar-refractivity contribution in [2.45, 2.75) is 19.3 Å². The summed E-state index contributed by atoms with van der Waals surface area (Å²) in [6, 6.07) is 5.33. The first-order valence-electron chi connectivity index (χ1n) is 6.23. The van der Waals surface area contributed by atoms with Crippen LogP contribution in [-0.4, -0.2) is 21.7 Å². The monoisotopic (exact) mass is 244 g/mol. The van der Waals surface area contributed by atoms with Gasteiger partial charge in [-0.2, -0.15) is 0 Å². The first-order valence-corrected chi connectivity index (χ1v) is 6.23. The van der Waals surface area contributed by atoms with E-state index in [0.29, 0.717) is 11.7 Å². The standard InChI is InChI=1S/C14H16N2O2/c17-13-1-2-14-11(7-13)5-10(3-4-18-14)6-12-8-15-9-16-12/h1-2,7-10,17H,3-6H2,(H,15,16). The van der Waals surface area contributed by atoms with Crippen molar-refractivity contribution in [1.29, 1.82) is 0 Å². The van der Waals surface area contributed by atoms with Gasteiger partial charge in [-0.1, -0.05) is 0 Å². The summed E-state index contributed by atoms with van der Waals surface area (Å²) in [7, 11) is 0. The molecule has 18 heavy (non-hydrogen) atoms. The van der Waals surface area contributed by atoms with E-state index in [4.69, 9.17) is 4.74 Å². The molecule has 0 radical (unpaired) electrons. The zero-order chi connectivity index (χ0) is 12.4. The first kappa shape index (κ1) is 11.1. The van der Waals surface area contributed by atoms with Gasteiger partial charge in [0.05, 0.1) is 12.9 Å². The molecule has 94 valence electrons. The maximum Gasteiger partial charge on any atom is 0.122 e. The molecule has 1 unspecified atom stereocenters. The lowest BCUT2D eigenvalue weighted by Gasteiger charge is -2.12. The summed E-state index contributed by atoms with van der Waals surface area (Å²) in [6.07, 6.45) is 6.51. The van der Waals surface area contributed by atoms with Gasteiger partial charge in [0.2, 0.25) is 0 Å². The molecule has 1 aliphatic heterocycles. The van der Waals surface area contributed by atoms with Gasteiger partial charge in [-0.15, -0.1) is 0 Å². The van der Waals surface area contributed by atoms with Crippen LogP contribution in [0, 0.1) is 5.92 Å². The normalized spacial score (nSPS) is 18.8. The molecular weight excluding hydrogens is 228 g/mol. The number of nitrogens with one attached hydrogen (secondary N) is 1. The van der Waals surface area contributed by atoms with Gasteiger partial charge in [-0.25, -0.2) is 4.98 Å². The number of hydrogen-bond donors (Lipinski definition) is 2. The Balaban J connectivity index is 1.79. The zero-order valence-corrected chi connectivity index (χ0v) is 10.1. The Morgan fingerprint density at radius 3 is 3.22 bits per heavy atom. The second-order valence-corrected chi connectivity index (χ2v) is 4.78. The molecule has 2 N–H and O–H groups in total. The fourth-order valence-electron chi connectivity index (χ4n) is 2.50. The molecule has 1 aliphatic rings. The number of aromatic nitrogens is 2. The van der Waals surface area contributed by atoms with E-state index >= 15 is 0 Å². The van der Waals surface area contributed by atoms with Crippen molar-refractivity contribution >= 4 is 0 Å². The number of aromatic hydroxyl groups is 1. The molecule has 4 heteroatoms. The third-order valence-corrected chi connectivity index (χ3v) is 3.40. The molecule has 2 aromatic rings. The molecular formula is C14H16N2O2. The van der Waals surface area contributed by atoms with Crippen LogP contribution in [0.1, 0.15) is 17.7 Å². The number of nitrogens with zero attached hydrogens (tertiary/aromatic N) is 1. The summed E-state index contributed by atoms with van der Waals surface area (Å²) in [6.45, 7) is 0.733. The topological polar surface area (TPSA) is 58.1 Å². The van der Waals surface area contributed by atoms with Crippen molar-refractivity contribution in [3.8, 4) is 11.5 Å². The fourth-order valence-corrected chi connectivity index (χ4v) is 2.50. The molecule has 3 rings (SSSR count). The lowest BCUT2D eigenvalue weighted by molar-refractivity contribution is 0.293. The number of fused-ring (bicyclic) bond motifs is 1. The highest BCUT2D eigenvalue weighted by Gasteiger charge is 2.18. The largest absolute Gasteiger partial charge is 0.508 e. The van der Waals surface area contributed by atoms with Crippen LogP contribution < -0.4 is 4.74 Å². The smallest absolute Gasteiger partial charge is 0.122 e. The summed E-state index contributed by atoms with van der Waals surface area (Å²) >= 11 is 0. The molecule has 2 heterocycles. The van der Waals surface area contributed by atoms with Gasteiger partial charge in [0.25, 0.3) is 0 Å². The summed E-state index contributed by atoms with van der Waals surface area (Å²) in [5.74, 6) is 1.73. The Kier molecular flexibility index (Phi) is 2.92. The van der Waals surface area contributed by atoms with Gasteiger partial charge in [0.1, 0.15) is 11.5 Å². The van der Waals surface area contributed by atoms with Crippen molar-refractivity contribution < 1.29 is 9.84 Å². The number of hydrogen-bond acceptors (Lipinski definition) is 3. The lowest BCUT2D eigenvalue weighted by atomic mass is 9.93. The quantitative estimate of drug-likeness (QED) is 0.852. The van der Waals surface area contributed by atoms with Gasteiger partial charge >= 0.3 is 0 Å². The molecule has 0 aliphatic carbocycles. The summed E-state index contributed by atoms with van der Waals surface area (Å²) in [5, 5.41) is 9.55. The van der Waals surface area contributed by atoms with Gasteiger partial charge < -0.3 is 14.8 Å². The maximum absolute atomic E-state index is 9.55. The molecule has 4 nitrogen and oxygen atoms in total. The summed E-state index contributed by atoms with van der Waals surface area (Å²) in [5.41, 5.74) is 2.25. The minimum atomic E-state index is 0.305. The Morgan fingerprint density at radius 2 is 2.39 bits per heavy atom. The van der Waals surface area contributed by atoms with Gasteiger partial charge in [0.15, 0.2) is 0 Å². The van der Waals surface area contributed by atoms with Crippen LogP contribution in [0.15, 0.2) is 30.7 Å². The van der Waals surface area contributed by atoms with E-state index in [1.54, 1.807) is 18.5 Å². The number of rotatable bonds is 2. The second-order valence-electron chi connectivity index (χ2n) is 4.78. The van der Waals surface area contributed by atoms with E-state index in [2.05, 4.69) is 9.97 Å². The lowest BCUT2D eigenvalue weighted by Crippen LogP contribution is -2.09. The van der Waals surface area contributed by atoms with E-state index in [1.165, 1.54) is 0 Å². The third-order valence-electron chi connectivity index (χ3n) is 3.40. The van der Waals surface area contributed by atoms with Crippen LogP contribution in [-0.2, 0) is 12.8 Å². The van der Waals surface area contributed by atoms with Gasteiger partial charge in [-0.3, -0.25) is 0 Å². The number of imidazole rings is 1. The average molecular weight is 244 g/mol. The van der Waals surface area contributed by atoms with Gasteiger partial charge in [0, 0.05) is 11.9 Å². The third kappa shape index (κ3) is 2.32. The first-order chi connectivity index (χ1) is 8.81. The number of H-pyrrole nitrogens is 1. The van der Waals surface area contributed by atoms with Crippen LogP contribution in [0.3, 0.4) is 0 Å². The molecule has 0 bridgehead atoms. The molecule has 1 aromatic heterocycles. The Labute approximate surface area is 106 Å². The predicted octanol–water partition coefficient (Wildman–Crippen LogP) is 2.30. The average Bonchev–Trinajstić information content (AvgIpc) is 2.76. The van der Waals surface area contributed by atoms with Crippen molar-refractivity contribution in [3.63, 3.8) is 0 Å². The number of aromatic amines is 1. The SMILES string of the molecule is Oc1ccc2c(c1)CC(Cc1cnc[nH]1)CCO2. The Morgan fingerprint density at radius 1 is 1.44 bits per heavy atom. The van der Waals surface area contributed by atoms with Crippen molar-refractivity contribution in [2.75, 3.05) is 6.61 Å². The molecule has 1 aromatic carbocycles. The fraction of sp³-hybridized carbons (Fsp3) is 0.357. The minimum absolute atomic E-state index is 0.305. The summed E-state index contributed by atoms with van der Waals surface area (Å²) in [4.78, 5) is 7.18. The van der Waals surface area contributed by atoms with Crippen LogP contribution in [0.25, 0.3) is 0 Å².